The number of nitrogens with one attached hydrogen (secondary N) is 1. The van der Waals surface area contributed by atoms with Gasteiger partial charge in [0.15, 0.2) is 11.5 Å². The zero-order valence-electron chi connectivity index (χ0n) is 12.5. The highest BCUT2D eigenvalue weighted by atomic mass is 35.5. The first-order valence-electron chi connectivity index (χ1n) is 6.88. The molecule has 0 saturated heterocycles. The van der Waals surface area contributed by atoms with E-state index >= 15 is 0 Å². The van der Waals surface area contributed by atoms with E-state index in [2.05, 4.69) is 12.2 Å². The molecule has 1 aromatic carbocycles. The van der Waals surface area contributed by atoms with E-state index in [1.54, 1.807) is 32.8 Å². The molecule has 114 valence electrons. The molecule has 2 rings (SSSR count). The maximum Gasteiger partial charge on any atom is 0.162 e. The largest absolute Gasteiger partial charge is 0.493 e. The lowest BCUT2D eigenvalue weighted by molar-refractivity contribution is 0.354. The molecule has 1 N–H and O–H groups in total. The van der Waals surface area contributed by atoms with E-state index in [1.165, 1.54) is 0 Å². The van der Waals surface area contributed by atoms with Crippen LogP contribution in [0.1, 0.15) is 30.5 Å². The summed E-state index contributed by atoms with van der Waals surface area (Å²) in [6, 6.07) is 5.56. The van der Waals surface area contributed by atoms with Crippen LogP contribution in [0.3, 0.4) is 0 Å². The van der Waals surface area contributed by atoms with Gasteiger partial charge in [-0.25, -0.2) is 0 Å². The molecule has 21 heavy (non-hydrogen) atoms. The maximum atomic E-state index is 6.42. The van der Waals surface area contributed by atoms with Gasteiger partial charge in [-0.2, -0.15) is 0 Å². The Labute approximate surface area is 130 Å². The zero-order chi connectivity index (χ0) is 15.2. The van der Waals surface area contributed by atoms with Crippen LogP contribution in [-0.4, -0.2) is 20.8 Å². The number of furan rings is 1. The number of hydrogen-bond donors (Lipinski definition) is 1. The lowest BCUT2D eigenvalue weighted by Crippen LogP contribution is -2.23. The summed E-state index contributed by atoms with van der Waals surface area (Å²) in [6.07, 6.45) is 4.41. The highest BCUT2D eigenvalue weighted by Crippen LogP contribution is 2.37. The molecule has 1 atom stereocenters. The van der Waals surface area contributed by atoms with Gasteiger partial charge in [0, 0.05) is 16.7 Å². The summed E-state index contributed by atoms with van der Waals surface area (Å²) in [7, 11) is 3.21. The summed E-state index contributed by atoms with van der Waals surface area (Å²) in [4.78, 5) is 0. The van der Waals surface area contributed by atoms with Gasteiger partial charge in [-0.3, -0.25) is 0 Å². The van der Waals surface area contributed by atoms with Crippen molar-refractivity contribution in [1.29, 1.82) is 0 Å². The number of rotatable bonds is 7. The van der Waals surface area contributed by atoms with Crippen molar-refractivity contribution in [2.24, 2.45) is 0 Å². The molecule has 1 heterocycles. The Morgan fingerprint density at radius 2 is 1.95 bits per heavy atom. The molecule has 0 bridgehead atoms. The average molecular weight is 310 g/mol. The Kier molecular flexibility index (Phi) is 5.53. The monoisotopic (exact) mass is 309 g/mol. The van der Waals surface area contributed by atoms with Crippen LogP contribution in [0.4, 0.5) is 0 Å². The van der Waals surface area contributed by atoms with Crippen molar-refractivity contribution in [2.45, 2.75) is 19.4 Å². The molecule has 0 spiro atoms. The normalized spacial score (nSPS) is 12.2. The third-order valence-corrected chi connectivity index (χ3v) is 3.62. The smallest absolute Gasteiger partial charge is 0.162 e. The fourth-order valence-corrected chi connectivity index (χ4v) is 2.49. The van der Waals surface area contributed by atoms with Crippen molar-refractivity contribution in [2.75, 3.05) is 20.8 Å². The van der Waals surface area contributed by atoms with E-state index in [0.29, 0.717) is 16.5 Å². The highest BCUT2D eigenvalue weighted by Gasteiger charge is 2.20. The van der Waals surface area contributed by atoms with Gasteiger partial charge in [-0.1, -0.05) is 18.5 Å². The van der Waals surface area contributed by atoms with Crippen LogP contribution >= 0.6 is 11.6 Å². The molecule has 0 radical (unpaired) electrons. The van der Waals surface area contributed by atoms with Crippen LogP contribution in [-0.2, 0) is 0 Å². The van der Waals surface area contributed by atoms with Crippen LogP contribution in [0.2, 0.25) is 5.02 Å². The lowest BCUT2D eigenvalue weighted by atomic mass is 10.00. The van der Waals surface area contributed by atoms with Crippen LogP contribution < -0.4 is 14.8 Å². The molecule has 0 aliphatic carbocycles. The molecule has 0 amide bonds. The van der Waals surface area contributed by atoms with Crippen molar-refractivity contribution in [3.8, 4) is 11.5 Å². The minimum absolute atomic E-state index is 0.0454. The van der Waals surface area contributed by atoms with Crippen LogP contribution in [0.5, 0.6) is 11.5 Å². The van der Waals surface area contributed by atoms with E-state index in [4.69, 9.17) is 25.5 Å². The quantitative estimate of drug-likeness (QED) is 0.838. The first-order valence-corrected chi connectivity index (χ1v) is 7.26. The summed E-state index contributed by atoms with van der Waals surface area (Å²) < 4.78 is 15.8. The predicted molar refractivity (Wildman–Crippen MR) is 83.4 cm³/mol. The SMILES string of the molecule is CCCNC(c1ccoc1)c1cc(OC)c(OC)cc1Cl. The van der Waals surface area contributed by atoms with Gasteiger partial charge in [0.2, 0.25) is 0 Å². The number of methoxy groups -OCH3 is 2. The molecule has 1 aromatic heterocycles. The Balaban J connectivity index is 2.44. The summed E-state index contributed by atoms with van der Waals surface area (Å²) in [5, 5.41) is 4.10. The lowest BCUT2D eigenvalue weighted by Gasteiger charge is -2.20. The second kappa shape index (κ2) is 7.38. The summed E-state index contributed by atoms with van der Waals surface area (Å²) in [5.74, 6) is 1.27. The molecule has 5 heteroatoms. The average Bonchev–Trinajstić information content (AvgIpc) is 3.02. The molecular formula is C16H20ClNO3. The van der Waals surface area contributed by atoms with E-state index in [9.17, 15) is 0 Å². The van der Waals surface area contributed by atoms with Crippen LogP contribution in [0.15, 0.2) is 35.1 Å². The fourth-order valence-electron chi connectivity index (χ4n) is 2.23. The van der Waals surface area contributed by atoms with Gasteiger partial charge in [0.1, 0.15) is 0 Å². The first kappa shape index (κ1) is 15.7. The fraction of sp³-hybridized carbons (Fsp3) is 0.375. The Morgan fingerprint density at radius 1 is 1.24 bits per heavy atom. The zero-order valence-corrected chi connectivity index (χ0v) is 13.2. The molecule has 0 aliphatic rings. The van der Waals surface area contributed by atoms with Crippen molar-refractivity contribution in [3.63, 3.8) is 0 Å². The van der Waals surface area contributed by atoms with Crippen LogP contribution in [0, 0.1) is 0 Å². The summed E-state index contributed by atoms with van der Waals surface area (Å²) in [5.41, 5.74) is 1.96. The number of hydrogen-bond acceptors (Lipinski definition) is 4. The predicted octanol–water partition coefficient (Wildman–Crippen LogP) is 4.04. The second-order valence-electron chi connectivity index (χ2n) is 4.67. The molecule has 0 aliphatic heterocycles. The van der Waals surface area contributed by atoms with Gasteiger partial charge < -0.3 is 19.2 Å². The van der Waals surface area contributed by atoms with E-state index < -0.39 is 0 Å². The van der Waals surface area contributed by atoms with Gasteiger partial charge in [0.25, 0.3) is 0 Å². The topological polar surface area (TPSA) is 43.6 Å². The standard InChI is InChI=1S/C16H20ClNO3/c1-4-6-18-16(11-5-7-21-10-11)12-8-14(19-2)15(20-3)9-13(12)17/h5,7-10,16,18H,4,6H2,1-3H3. The summed E-state index contributed by atoms with van der Waals surface area (Å²) >= 11 is 6.42. The van der Waals surface area contributed by atoms with E-state index in [1.807, 2.05) is 12.1 Å². The number of halogens is 1. The first-order chi connectivity index (χ1) is 10.2. The Bertz CT molecular complexity index is 569. The maximum absolute atomic E-state index is 6.42. The van der Waals surface area contributed by atoms with E-state index in [0.717, 1.165) is 24.1 Å². The third kappa shape index (κ3) is 3.52. The second-order valence-corrected chi connectivity index (χ2v) is 5.08. The Hall–Kier alpha value is -1.65. The molecule has 2 aromatic rings. The van der Waals surface area contributed by atoms with Crippen molar-refractivity contribution >= 4 is 11.6 Å². The minimum Gasteiger partial charge on any atom is -0.493 e. The third-order valence-electron chi connectivity index (χ3n) is 3.29. The summed E-state index contributed by atoms with van der Waals surface area (Å²) in [6.45, 7) is 3.00. The molecular weight excluding hydrogens is 290 g/mol. The van der Waals surface area contributed by atoms with Crippen molar-refractivity contribution < 1.29 is 13.9 Å². The van der Waals surface area contributed by atoms with E-state index in [-0.39, 0.29) is 6.04 Å². The molecule has 0 saturated carbocycles. The van der Waals surface area contributed by atoms with Gasteiger partial charge in [-0.15, -0.1) is 0 Å². The van der Waals surface area contributed by atoms with Crippen molar-refractivity contribution in [1.82, 2.24) is 5.32 Å². The minimum atomic E-state index is -0.0454. The molecule has 4 nitrogen and oxygen atoms in total. The number of benzene rings is 1. The highest BCUT2D eigenvalue weighted by molar-refractivity contribution is 6.31. The molecule has 0 fully saturated rings. The van der Waals surface area contributed by atoms with Gasteiger partial charge in [-0.05, 0) is 30.7 Å². The molecule has 1 unspecified atom stereocenters. The number of ether oxygens (including phenoxy) is 2. The van der Waals surface area contributed by atoms with Gasteiger partial charge in [0.05, 0.1) is 32.8 Å². The van der Waals surface area contributed by atoms with Crippen molar-refractivity contribution in [3.05, 3.63) is 46.9 Å². The van der Waals surface area contributed by atoms with Gasteiger partial charge >= 0.3 is 0 Å². The van der Waals surface area contributed by atoms with Crippen LogP contribution in [0.25, 0.3) is 0 Å². The Morgan fingerprint density at radius 3 is 2.52 bits per heavy atom.